The molecule has 1 saturated carbocycles. The maximum atomic E-state index is 12.5. The van der Waals surface area contributed by atoms with Crippen LogP contribution in [-0.2, 0) is 4.79 Å². The van der Waals surface area contributed by atoms with E-state index in [0.29, 0.717) is 0 Å². The Bertz CT molecular complexity index is 864. The average Bonchev–Trinajstić information content (AvgIpc) is 3.55. The third-order valence-electron chi connectivity index (χ3n) is 5.06. The standard InChI is InChI=1S/C22H23F2N3O2/c1-22(14-25,17-9-10-17)27-19(28)13-26-20(15-5-3-2-4-6-15)16-7-11-18(12-8-16)29-21(23)24/h2-8,11-12,17,20-21,26H,9-10,13H2,1H3,(H,27,28)/t20-,22+/m1/s1. The predicted octanol–water partition coefficient (Wildman–Crippen LogP) is 3.78. The predicted molar refractivity (Wildman–Crippen MR) is 104 cm³/mol. The first-order valence-corrected chi connectivity index (χ1v) is 9.46. The molecule has 2 atom stereocenters. The minimum atomic E-state index is -2.88. The molecule has 3 rings (SSSR count). The van der Waals surface area contributed by atoms with Crippen LogP contribution >= 0.6 is 0 Å². The van der Waals surface area contributed by atoms with E-state index in [1.165, 1.54) is 12.1 Å². The normalized spacial score (nSPS) is 16.5. The number of nitrogens with one attached hydrogen (secondary N) is 2. The van der Waals surface area contributed by atoms with Crippen LogP contribution in [0.2, 0.25) is 0 Å². The second-order valence-corrected chi connectivity index (χ2v) is 7.31. The van der Waals surface area contributed by atoms with Crippen molar-refractivity contribution in [3.63, 3.8) is 0 Å². The van der Waals surface area contributed by atoms with Gasteiger partial charge in [-0.15, -0.1) is 0 Å². The summed E-state index contributed by atoms with van der Waals surface area (Å²) in [4.78, 5) is 12.5. The molecule has 2 N–H and O–H groups in total. The molecule has 0 heterocycles. The van der Waals surface area contributed by atoms with Crippen molar-refractivity contribution in [3.8, 4) is 11.8 Å². The topological polar surface area (TPSA) is 74.2 Å². The lowest BCUT2D eigenvalue weighted by molar-refractivity contribution is -0.121. The average molecular weight is 399 g/mol. The fraction of sp³-hybridized carbons (Fsp3) is 0.364. The summed E-state index contributed by atoms with van der Waals surface area (Å²) in [6, 6.07) is 17.7. The van der Waals surface area contributed by atoms with Crippen molar-refractivity contribution in [2.45, 2.75) is 38.0 Å². The van der Waals surface area contributed by atoms with Crippen LogP contribution in [0.5, 0.6) is 5.75 Å². The van der Waals surface area contributed by atoms with E-state index in [4.69, 9.17) is 0 Å². The van der Waals surface area contributed by atoms with Crippen LogP contribution < -0.4 is 15.4 Å². The number of hydrogen-bond donors (Lipinski definition) is 2. The second kappa shape index (κ2) is 9.01. The number of alkyl halides is 2. The van der Waals surface area contributed by atoms with Gasteiger partial charge in [0.2, 0.25) is 5.91 Å². The molecule has 29 heavy (non-hydrogen) atoms. The van der Waals surface area contributed by atoms with Crippen molar-refractivity contribution >= 4 is 5.91 Å². The number of amides is 1. The molecule has 1 aliphatic rings. The molecule has 1 amide bonds. The van der Waals surface area contributed by atoms with Gasteiger partial charge < -0.3 is 10.1 Å². The molecule has 1 aliphatic carbocycles. The molecule has 1 fully saturated rings. The lowest BCUT2D eigenvalue weighted by atomic mass is 9.97. The summed E-state index contributed by atoms with van der Waals surface area (Å²) in [5, 5.41) is 15.5. The fourth-order valence-corrected chi connectivity index (χ4v) is 3.33. The lowest BCUT2D eigenvalue weighted by Crippen LogP contribution is -2.49. The van der Waals surface area contributed by atoms with Crippen molar-refractivity contribution in [1.82, 2.24) is 10.6 Å². The summed E-state index contributed by atoms with van der Waals surface area (Å²) >= 11 is 0. The number of nitrogens with zero attached hydrogens (tertiary/aromatic N) is 1. The van der Waals surface area contributed by atoms with Crippen molar-refractivity contribution in [2.75, 3.05) is 6.54 Å². The Morgan fingerprint density at radius 2 is 1.79 bits per heavy atom. The molecule has 152 valence electrons. The zero-order chi connectivity index (χ0) is 20.9. The van der Waals surface area contributed by atoms with Gasteiger partial charge in [0.05, 0.1) is 18.7 Å². The Kier molecular flexibility index (Phi) is 6.45. The van der Waals surface area contributed by atoms with Crippen molar-refractivity contribution in [1.29, 1.82) is 5.26 Å². The molecule has 0 aliphatic heterocycles. The summed E-state index contributed by atoms with van der Waals surface area (Å²) in [5.41, 5.74) is 0.874. The molecular formula is C22H23F2N3O2. The van der Waals surface area contributed by atoms with Crippen LogP contribution in [0, 0.1) is 17.2 Å². The number of carbonyl (C=O) groups is 1. The quantitative estimate of drug-likeness (QED) is 0.673. The zero-order valence-corrected chi connectivity index (χ0v) is 16.1. The smallest absolute Gasteiger partial charge is 0.387 e. The maximum absolute atomic E-state index is 12.5. The zero-order valence-electron chi connectivity index (χ0n) is 16.1. The van der Waals surface area contributed by atoms with Gasteiger partial charge in [0.1, 0.15) is 11.3 Å². The Morgan fingerprint density at radius 3 is 2.34 bits per heavy atom. The molecule has 0 unspecified atom stereocenters. The Balaban J connectivity index is 1.71. The summed E-state index contributed by atoms with van der Waals surface area (Å²) in [6.45, 7) is -1.12. The van der Waals surface area contributed by atoms with E-state index < -0.39 is 12.2 Å². The van der Waals surface area contributed by atoms with Crippen LogP contribution in [0.25, 0.3) is 0 Å². The summed E-state index contributed by atoms with van der Waals surface area (Å²) in [7, 11) is 0. The van der Waals surface area contributed by atoms with E-state index in [9.17, 15) is 18.8 Å². The van der Waals surface area contributed by atoms with E-state index in [1.54, 1.807) is 19.1 Å². The number of rotatable bonds is 9. The third kappa shape index (κ3) is 5.52. The van der Waals surface area contributed by atoms with Gasteiger partial charge in [-0.25, -0.2) is 0 Å². The minimum absolute atomic E-state index is 0.0127. The Labute approximate surface area is 168 Å². The van der Waals surface area contributed by atoms with Crippen LogP contribution in [0.15, 0.2) is 54.6 Å². The van der Waals surface area contributed by atoms with E-state index in [-0.39, 0.29) is 30.2 Å². The summed E-state index contributed by atoms with van der Waals surface area (Å²) in [5.74, 6) is 0.00538. The number of nitriles is 1. The van der Waals surface area contributed by atoms with Gasteiger partial charge in [-0.3, -0.25) is 10.1 Å². The van der Waals surface area contributed by atoms with E-state index in [2.05, 4.69) is 21.4 Å². The Morgan fingerprint density at radius 1 is 1.17 bits per heavy atom. The molecule has 2 aromatic rings. The number of carbonyl (C=O) groups excluding carboxylic acids is 1. The summed E-state index contributed by atoms with van der Waals surface area (Å²) < 4.78 is 29.2. The maximum Gasteiger partial charge on any atom is 0.387 e. The first kappa shape index (κ1) is 20.7. The highest BCUT2D eigenvalue weighted by molar-refractivity contribution is 5.79. The van der Waals surface area contributed by atoms with E-state index in [1.807, 2.05) is 30.3 Å². The SMILES string of the molecule is C[C@@](C#N)(NC(=O)CN[C@H](c1ccccc1)c1ccc(OC(F)F)cc1)C1CC1. The molecule has 0 saturated heterocycles. The van der Waals surface area contributed by atoms with Gasteiger partial charge in [0, 0.05) is 0 Å². The van der Waals surface area contributed by atoms with Crippen molar-refractivity contribution in [3.05, 3.63) is 65.7 Å². The van der Waals surface area contributed by atoms with E-state index >= 15 is 0 Å². The molecular weight excluding hydrogens is 376 g/mol. The molecule has 0 aromatic heterocycles. The van der Waals surface area contributed by atoms with Crippen LogP contribution in [0.4, 0.5) is 8.78 Å². The highest BCUT2D eigenvalue weighted by Gasteiger charge is 2.42. The Hall–Kier alpha value is -2.98. The lowest BCUT2D eigenvalue weighted by Gasteiger charge is -2.25. The summed E-state index contributed by atoms with van der Waals surface area (Å²) in [6.07, 6.45) is 1.88. The van der Waals surface area contributed by atoms with Crippen molar-refractivity contribution in [2.24, 2.45) is 5.92 Å². The third-order valence-corrected chi connectivity index (χ3v) is 5.06. The first-order chi connectivity index (χ1) is 13.9. The van der Waals surface area contributed by atoms with Gasteiger partial charge in [-0.2, -0.15) is 14.0 Å². The monoisotopic (exact) mass is 399 g/mol. The van der Waals surface area contributed by atoms with Gasteiger partial charge in [0.15, 0.2) is 0 Å². The van der Waals surface area contributed by atoms with Gasteiger partial charge in [0.25, 0.3) is 0 Å². The largest absolute Gasteiger partial charge is 0.435 e. The van der Waals surface area contributed by atoms with Crippen LogP contribution in [0.3, 0.4) is 0 Å². The fourth-order valence-electron chi connectivity index (χ4n) is 3.33. The highest BCUT2D eigenvalue weighted by Crippen LogP contribution is 2.39. The van der Waals surface area contributed by atoms with E-state index in [0.717, 1.165) is 24.0 Å². The minimum Gasteiger partial charge on any atom is -0.435 e. The molecule has 5 nitrogen and oxygen atoms in total. The van der Waals surface area contributed by atoms with Gasteiger partial charge in [-0.1, -0.05) is 42.5 Å². The highest BCUT2D eigenvalue weighted by atomic mass is 19.3. The number of halogens is 2. The number of ether oxygens (including phenoxy) is 1. The molecule has 7 heteroatoms. The molecule has 0 bridgehead atoms. The molecule has 2 aromatic carbocycles. The van der Waals surface area contributed by atoms with Crippen molar-refractivity contribution < 1.29 is 18.3 Å². The number of benzene rings is 2. The molecule has 0 radical (unpaired) electrons. The van der Waals surface area contributed by atoms with Crippen LogP contribution in [0.1, 0.15) is 36.9 Å². The van der Waals surface area contributed by atoms with Gasteiger partial charge >= 0.3 is 6.61 Å². The number of hydrogen-bond acceptors (Lipinski definition) is 4. The van der Waals surface area contributed by atoms with Crippen LogP contribution in [-0.4, -0.2) is 24.6 Å². The first-order valence-electron chi connectivity index (χ1n) is 9.46. The van der Waals surface area contributed by atoms with Gasteiger partial charge in [-0.05, 0) is 48.9 Å². The molecule has 0 spiro atoms. The second-order valence-electron chi connectivity index (χ2n) is 7.31.